The SMILES string of the molecule is C=Cc1ccc(Oc2ccc(C=C)cc2[Si](C)(C)C(C)(C)C)c([Si](C)(C)C(C)(C)C)c1. The molecule has 1 nitrogen and oxygen atoms in total. The molecule has 31 heavy (non-hydrogen) atoms. The molecular weight excluding hydrogens is 408 g/mol. The monoisotopic (exact) mass is 450 g/mol. The first-order valence-electron chi connectivity index (χ1n) is 11.3. The highest BCUT2D eigenvalue weighted by Gasteiger charge is 2.41. The van der Waals surface area contributed by atoms with Crippen molar-refractivity contribution in [3.8, 4) is 11.5 Å². The third kappa shape index (κ3) is 4.99. The van der Waals surface area contributed by atoms with Crippen LogP contribution < -0.4 is 15.1 Å². The molecule has 0 fully saturated rings. The topological polar surface area (TPSA) is 9.23 Å². The van der Waals surface area contributed by atoms with Crippen LogP contribution in [0.1, 0.15) is 52.7 Å². The van der Waals surface area contributed by atoms with E-state index >= 15 is 0 Å². The first kappa shape index (κ1) is 25.4. The van der Waals surface area contributed by atoms with Gasteiger partial charge in [0.15, 0.2) is 0 Å². The average Bonchev–Trinajstić information content (AvgIpc) is 2.66. The highest BCUT2D eigenvalue weighted by Crippen LogP contribution is 2.40. The zero-order chi connectivity index (χ0) is 23.8. The van der Waals surface area contributed by atoms with Gasteiger partial charge in [0, 0.05) is 0 Å². The number of benzene rings is 2. The van der Waals surface area contributed by atoms with E-state index < -0.39 is 16.1 Å². The van der Waals surface area contributed by atoms with Gasteiger partial charge >= 0.3 is 0 Å². The average molecular weight is 451 g/mol. The second kappa shape index (κ2) is 8.59. The van der Waals surface area contributed by atoms with Crippen LogP contribution in [0, 0.1) is 0 Å². The smallest absolute Gasteiger partial charge is 0.126 e. The molecule has 0 radical (unpaired) electrons. The summed E-state index contributed by atoms with van der Waals surface area (Å²) in [5, 5.41) is 3.12. The minimum absolute atomic E-state index is 0.208. The van der Waals surface area contributed by atoms with Crippen molar-refractivity contribution in [2.24, 2.45) is 0 Å². The molecule has 2 aromatic carbocycles. The van der Waals surface area contributed by atoms with Gasteiger partial charge in [-0.15, -0.1) is 0 Å². The van der Waals surface area contributed by atoms with Crippen molar-refractivity contribution in [3.05, 3.63) is 60.7 Å². The molecule has 0 spiro atoms. The minimum Gasteiger partial charge on any atom is -0.458 e. The second-order valence-corrected chi connectivity index (χ2v) is 22.3. The third-order valence-electron chi connectivity index (χ3n) is 7.80. The van der Waals surface area contributed by atoms with E-state index in [2.05, 4.69) is 117 Å². The van der Waals surface area contributed by atoms with Crippen molar-refractivity contribution in [2.75, 3.05) is 0 Å². The van der Waals surface area contributed by atoms with E-state index in [1.165, 1.54) is 10.4 Å². The summed E-state index contributed by atoms with van der Waals surface area (Å²) < 4.78 is 6.80. The quantitative estimate of drug-likeness (QED) is 0.403. The van der Waals surface area contributed by atoms with E-state index in [0.29, 0.717) is 0 Å². The molecule has 0 heterocycles. The molecule has 0 aliphatic heterocycles. The molecule has 0 N–H and O–H groups in total. The fraction of sp³-hybridized carbons (Fsp3) is 0.429. The van der Waals surface area contributed by atoms with E-state index in [9.17, 15) is 0 Å². The molecule has 0 aliphatic carbocycles. The van der Waals surface area contributed by atoms with Crippen LogP contribution in [0.4, 0.5) is 0 Å². The normalized spacial score (nSPS) is 13.1. The summed E-state index contributed by atoms with van der Waals surface area (Å²) in [6.45, 7) is 31.9. The Labute approximate surface area is 193 Å². The molecular formula is C28H42OSi2. The van der Waals surface area contributed by atoms with Gasteiger partial charge in [-0.1, -0.05) is 117 Å². The van der Waals surface area contributed by atoms with Crippen molar-refractivity contribution < 1.29 is 4.74 Å². The summed E-state index contributed by atoms with van der Waals surface area (Å²) >= 11 is 0. The summed E-state index contributed by atoms with van der Waals surface area (Å²) in [5.74, 6) is 1.98. The lowest BCUT2D eigenvalue weighted by molar-refractivity contribution is 0.488. The maximum absolute atomic E-state index is 6.80. The molecule has 0 unspecified atom stereocenters. The van der Waals surface area contributed by atoms with Crippen molar-refractivity contribution in [1.82, 2.24) is 0 Å². The van der Waals surface area contributed by atoms with E-state index in [-0.39, 0.29) is 10.1 Å². The zero-order valence-electron chi connectivity index (χ0n) is 21.4. The molecule has 0 saturated heterocycles. The fourth-order valence-corrected chi connectivity index (χ4v) is 7.60. The molecule has 2 aromatic rings. The van der Waals surface area contributed by atoms with Gasteiger partial charge in [-0.05, 0) is 43.7 Å². The first-order chi connectivity index (χ1) is 14.1. The van der Waals surface area contributed by atoms with Gasteiger partial charge in [-0.3, -0.25) is 0 Å². The molecule has 0 saturated carbocycles. The standard InChI is InChI=1S/C28H42OSi2/c1-13-21-15-17-23(25(19-21)30(9,10)27(3,4)5)29-24-18-16-22(14-2)20-26(24)31(11,12)28(6,7)8/h13-20H,1-2H2,3-12H3. The maximum atomic E-state index is 6.80. The first-order valence-corrected chi connectivity index (χ1v) is 17.3. The van der Waals surface area contributed by atoms with E-state index in [1.807, 2.05) is 12.2 Å². The van der Waals surface area contributed by atoms with Gasteiger partial charge in [0.1, 0.15) is 11.5 Å². The Morgan fingerprint density at radius 1 is 0.645 bits per heavy atom. The fourth-order valence-electron chi connectivity index (χ4n) is 3.43. The van der Waals surface area contributed by atoms with Crippen molar-refractivity contribution in [2.45, 2.75) is 77.8 Å². The largest absolute Gasteiger partial charge is 0.458 e. The molecule has 2 rings (SSSR count). The lowest BCUT2D eigenvalue weighted by Gasteiger charge is -2.40. The van der Waals surface area contributed by atoms with Crippen molar-refractivity contribution in [3.63, 3.8) is 0 Å². The van der Waals surface area contributed by atoms with Gasteiger partial charge in [0.25, 0.3) is 0 Å². The maximum Gasteiger partial charge on any atom is 0.126 e. The molecule has 0 atom stereocenters. The molecule has 3 heteroatoms. The highest BCUT2D eigenvalue weighted by atomic mass is 28.3. The predicted molar refractivity (Wildman–Crippen MR) is 147 cm³/mol. The third-order valence-corrected chi connectivity index (χ3v) is 18.8. The van der Waals surface area contributed by atoms with Crippen LogP contribution >= 0.6 is 0 Å². The highest BCUT2D eigenvalue weighted by molar-refractivity contribution is 6.93. The van der Waals surface area contributed by atoms with Crippen LogP contribution in [0.25, 0.3) is 12.2 Å². The van der Waals surface area contributed by atoms with Crippen LogP contribution in [0.2, 0.25) is 36.3 Å². The molecule has 168 valence electrons. The van der Waals surface area contributed by atoms with E-state index in [1.54, 1.807) is 0 Å². The van der Waals surface area contributed by atoms with Crippen LogP contribution in [0.15, 0.2) is 49.6 Å². The van der Waals surface area contributed by atoms with Crippen LogP contribution in [-0.4, -0.2) is 16.1 Å². The van der Waals surface area contributed by atoms with Crippen LogP contribution in [-0.2, 0) is 0 Å². The summed E-state index contributed by atoms with van der Waals surface area (Å²) in [5.41, 5.74) is 2.30. The molecule has 0 aliphatic rings. The molecule has 0 bridgehead atoms. The van der Waals surface area contributed by atoms with E-state index in [4.69, 9.17) is 4.74 Å². The number of hydrogen-bond donors (Lipinski definition) is 0. The van der Waals surface area contributed by atoms with Crippen molar-refractivity contribution >= 4 is 38.7 Å². The lowest BCUT2D eigenvalue weighted by atomic mass is 10.2. The van der Waals surface area contributed by atoms with Gasteiger partial charge in [0.05, 0.1) is 16.1 Å². The minimum atomic E-state index is -1.82. The Morgan fingerprint density at radius 3 is 1.23 bits per heavy atom. The second-order valence-electron chi connectivity index (χ2n) is 11.8. The van der Waals surface area contributed by atoms with Gasteiger partial charge in [-0.2, -0.15) is 0 Å². The van der Waals surface area contributed by atoms with Gasteiger partial charge in [0.2, 0.25) is 0 Å². The number of hydrogen-bond acceptors (Lipinski definition) is 1. The Kier molecular flexibility index (Phi) is 7.04. The Bertz CT molecular complexity index is 890. The van der Waals surface area contributed by atoms with Crippen LogP contribution in [0.5, 0.6) is 11.5 Å². The summed E-state index contributed by atoms with van der Waals surface area (Å²) in [7, 11) is -3.64. The Morgan fingerprint density at radius 2 is 0.968 bits per heavy atom. The predicted octanol–water partition coefficient (Wildman–Crippen LogP) is 8.20. The van der Waals surface area contributed by atoms with E-state index in [0.717, 1.165) is 22.6 Å². The summed E-state index contributed by atoms with van der Waals surface area (Å²) in [6, 6.07) is 13.1. The number of ether oxygens (including phenoxy) is 1. The molecule has 0 aromatic heterocycles. The van der Waals surface area contributed by atoms with Crippen molar-refractivity contribution in [1.29, 1.82) is 0 Å². The number of rotatable bonds is 6. The summed E-state index contributed by atoms with van der Waals surface area (Å²) in [6.07, 6.45) is 3.86. The lowest BCUT2D eigenvalue weighted by Crippen LogP contribution is -2.51. The van der Waals surface area contributed by atoms with Gasteiger partial charge < -0.3 is 4.74 Å². The zero-order valence-corrected chi connectivity index (χ0v) is 23.4. The van der Waals surface area contributed by atoms with Crippen LogP contribution in [0.3, 0.4) is 0 Å². The Balaban J connectivity index is 2.73. The summed E-state index contributed by atoms with van der Waals surface area (Å²) in [4.78, 5) is 0. The Hall–Kier alpha value is -1.85. The van der Waals surface area contributed by atoms with Gasteiger partial charge in [-0.25, -0.2) is 0 Å². The molecule has 0 amide bonds.